The number of Topliss-reactive ketones (excluding diaryl/α,β-unsaturated/α-hetero) is 1. The molecule has 10 heteroatoms. The maximum absolute atomic E-state index is 13.0. The topological polar surface area (TPSA) is 122 Å². The first-order chi connectivity index (χ1) is 18.1. The number of aliphatic carboxylic acids is 1. The number of anilines is 1. The maximum atomic E-state index is 13.0. The second kappa shape index (κ2) is 13.8. The number of nitrogens with one attached hydrogen (secondary N) is 1. The lowest BCUT2D eigenvalue weighted by Crippen LogP contribution is -2.31. The molecule has 3 N–H and O–H groups in total. The molecule has 3 aromatic carbocycles. The highest BCUT2D eigenvalue weighted by molar-refractivity contribution is 9.11. The van der Waals surface area contributed by atoms with Gasteiger partial charge in [0.25, 0.3) is 0 Å². The minimum atomic E-state index is -1.10. The van der Waals surface area contributed by atoms with E-state index in [0.29, 0.717) is 32.4 Å². The molecule has 38 heavy (non-hydrogen) atoms. The molecule has 0 saturated carbocycles. The van der Waals surface area contributed by atoms with Crippen molar-refractivity contribution in [1.82, 2.24) is 0 Å². The Morgan fingerprint density at radius 1 is 1.03 bits per heavy atom. The fourth-order valence-electron chi connectivity index (χ4n) is 3.58. The number of carbonyl (C=O) groups excluding carboxylic acids is 2. The number of carbonyl (C=O) groups is 3. The van der Waals surface area contributed by atoms with E-state index in [2.05, 4.69) is 37.2 Å². The second-order valence-electron chi connectivity index (χ2n) is 8.20. The Bertz CT molecular complexity index is 1310. The number of carboxylic acid groups (broad SMARTS) is 1. The summed E-state index contributed by atoms with van der Waals surface area (Å²) in [6, 6.07) is 18.5. The van der Waals surface area contributed by atoms with E-state index in [9.17, 15) is 19.5 Å². The second-order valence-corrected chi connectivity index (χ2v) is 9.97. The predicted octanol–water partition coefficient (Wildman–Crippen LogP) is 7.28. The Labute approximate surface area is 236 Å². The predicted molar refractivity (Wildman–Crippen MR) is 150 cm³/mol. The van der Waals surface area contributed by atoms with E-state index in [1.165, 1.54) is 13.0 Å². The van der Waals surface area contributed by atoms with E-state index in [1.807, 2.05) is 6.07 Å². The number of hydrogen-bond acceptors (Lipinski definition) is 6. The molecule has 0 bridgehead atoms. The first-order valence-electron chi connectivity index (χ1n) is 11.5. The van der Waals surface area contributed by atoms with Gasteiger partial charge in [-0.2, -0.15) is 0 Å². The van der Waals surface area contributed by atoms with Gasteiger partial charge in [-0.15, -0.1) is 0 Å². The molecular formula is C28H25Br2NO7. The van der Waals surface area contributed by atoms with Crippen LogP contribution in [0.15, 0.2) is 87.8 Å². The molecule has 3 aromatic rings. The summed E-state index contributed by atoms with van der Waals surface area (Å²) in [5, 5.41) is 22.5. The average Bonchev–Trinajstić information content (AvgIpc) is 2.87. The van der Waals surface area contributed by atoms with Gasteiger partial charge in [0, 0.05) is 27.4 Å². The molecule has 0 radical (unpaired) electrons. The van der Waals surface area contributed by atoms with Crippen molar-refractivity contribution in [2.24, 2.45) is 0 Å². The highest BCUT2D eigenvalue weighted by Crippen LogP contribution is 2.40. The highest BCUT2D eigenvalue weighted by Gasteiger charge is 2.32. The molecule has 0 aromatic heterocycles. The lowest BCUT2D eigenvalue weighted by molar-refractivity contribution is -0.131. The zero-order valence-electron chi connectivity index (χ0n) is 20.3. The first-order valence-corrected chi connectivity index (χ1v) is 13.1. The maximum Gasteiger partial charge on any atom is 0.412 e. The van der Waals surface area contributed by atoms with Crippen molar-refractivity contribution in [3.63, 3.8) is 0 Å². The molecule has 0 aliphatic carbocycles. The van der Waals surface area contributed by atoms with Crippen LogP contribution in [0.3, 0.4) is 0 Å². The van der Waals surface area contributed by atoms with Gasteiger partial charge in [0.15, 0.2) is 11.9 Å². The standard InChI is InChI=1S/C28H25Br2NO7/c1-17(32)18-11-13-20(14-12-18)31-28(36)38-27(22-15-19(29)16-23(30)26(22)35)24(9-5-6-10-25(33)34)37-21-7-3-2-4-8-21/h2-4,6-8,10-16,24,27,35H,5,9H2,1H3,(H,31,36)(H,33,34)/b10-6+/t24-,27-/m1/s1. The van der Waals surface area contributed by atoms with E-state index in [0.717, 1.165) is 6.08 Å². The number of aromatic hydroxyl groups is 1. The van der Waals surface area contributed by atoms with E-state index in [-0.39, 0.29) is 23.5 Å². The first kappa shape index (κ1) is 28.9. The summed E-state index contributed by atoms with van der Waals surface area (Å²) in [4.78, 5) is 35.5. The van der Waals surface area contributed by atoms with Crippen LogP contribution in [0.1, 0.15) is 41.8 Å². The Morgan fingerprint density at radius 3 is 2.34 bits per heavy atom. The number of phenolic OH excluding ortho intramolecular Hbond substituents is 1. The number of carboxylic acids is 1. The van der Waals surface area contributed by atoms with E-state index in [4.69, 9.17) is 14.6 Å². The Balaban J connectivity index is 1.95. The van der Waals surface area contributed by atoms with Gasteiger partial charge in [0.05, 0.1) is 4.47 Å². The van der Waals surface area contributed by atoms with Crippen LogP contribution in [0, 0.1) is 0 Å². The quantitative estimate of drug-likeness (QED) is 0.148. The number of rotatable bonds is 11. The van der Waals surface area contributed by atoms with Gasteiger partial charge in [0.1, 0.15) is 17.6 Å². The number of ketones is 1. The van der Waals surface area contributed by atoms with E-state index in [1.54, 1.807) is 60.7 Å². The highest BCUT2D eigenvalue weighted by atomic mass is 79.9. The van der Waals surface area contributed by atoms with Crippen LogP contribution in [0.25, 0.3) is 0 Å². The van der Waals surface area contributed by atoms with Gasteiger partial charge in [0.2, 0.25) is 0 Å². The summed E-state index contributed by atoms with van der Waals surface area (Å²) in [6.07, 6.45) is 0.339. The summed E-state index contributed by atoms with van der Waals surface area (Å²) < 4.78 is 13.0. The van der Waals surface area contributed by atoms with Crippen molar-refractivity contribution in [3.05, 3.63) is 99.0 Å². The monoisotopic (exact) mass is 645 g/mol. The Hall–Kier alpha value is -3.63. The van der Waals surface area contributed by atoms with Crippen LogP contribution in [-0.4, -0.2) is 34.2 Å². The fourth-order valence-corrected chi connectivity index (χ4v) is 4.84. The number of allylic oxidation sites excluding steroid dienone is 1. The zero-order chi connectivity index (χ0) is 27.7. The van der Waals surface area contributed by atoms with Gasteiger partial charge in [-0.05, 0) is 84.2 Å². The van der Waals surface area contributed by atoms with Crippen molar-refractivity contribution >= 4 is 55.4 Å². The number of amides is 1. The van der Waals surface area contributed by atoms with Crippen LogP contribution < -0.4 is 10.1 Å². The zero-order valence-corrected chi connectivity index (χ0v) is 23.4. The summed E-state index contributed by atoms with van der Waals surface area (Å²) in [6.45, 7) is 1.45. The summed E-state index contributed by atoms with van der Waals surface area (Å²) >= 11 is 6.73. The van der Waals surface area contributed by atoms with Crippen molar-refractivity contribution in [2.45, 2.75) is 32.0 Å². The normalized spacial score (nSPS) is 12.5. The number of halogens is 2. The minimum Gasteiger partial charge on any atom is -0.506 e. The van der Waals surface area contributed by atoms with Crippen molar-refractivity contribution in [3.8, 4) is 11.5 Å². The molecule has 8 nitrogen and oxygen atoms in total. The molecule has 0 fully saturated rings. The molecule has 2 atom stereocenters. The van der Waals surface area contributed by atoms with Crippen molar-refractivity contribution < 1.29 is 34.1 Å². The summed E-state index contributed by atoms with van der Waals surface area (Å²) in [5.74, 6) is -0.823. The number of ether oxygens (including phenoxy) is 2. The van der Waals surface area contributed by atoms with Gasteiger partial charge in [-0.3, -0.25) is 10.1 Å². The SMILES string of the molecule is CC(=O)c1ccc(NC(=O)O[C@H](c2cc(Br)cc(Br)c2O)[C@@H](CC/C=C/C(=O)O)Oc2ccccc2)cc1. The van der Waals surface area contributed by atoms with Crippen LogP contribution >= 0.6 is 31.9 Å². The summed E-state index contributed by atoms with van der Waals surface area (Å²) in [7, 11) is 0. The lowest BCUT2D eigenvalue weighted by Gasteiger charge is -2.29. The van der Waals surface area contributed by atoms with Crippen molar-refractivity contribution in [1.29, 1.82) is 0 Å². The molecular weight excluding hydrogens is 622 g/mol. The average molecular weight is 647 g/mol. The molecule has 0 heterocycles. The largest absolute Gasteiger partial charge is 0.506 e. The number of hydrogen-bond donors (Lipinski definition) is 3. The van der Waals surface area contributed by atoms with Gasteiger partial charge >= 0.3 is 12.1 Å². The molecule has 0 saturated heterocycles. The lowest BCUT2D eigenvalue weighted by atomic mass is 9.99. The Kier molecular flexibility index (Phi) is 10.5. The Morgan fingerprint density at radius 2 is 1.71 bits per heavy atom. The third kappa shape index (κ3) is 8.46. The van der Waals surface area contributed by atoms with Gasteiger partial charge in [-0.25, -0.2) is 9.59 Å². The van der Waals surface area contributed by atoms with Gasteiger partial charge in [-0.1, -0.05) is 40.2 Å². The number of benzene rings is 3. The number of phenols is 1. The van der Waals surface area contributed by atoms with Crippen molar-refractivity contribution in [2.75, 3.05) is 5.32 Å². The van der Waals surface area contributed by atoms with E-state index >= 15 is 0 Å². The minimum absolute atomic E-state index is 0.104. The van der Waals surface area contributed by atoms with Crippen LogP contribution in [0.5, 0.6) is 11.5 Å². The smallest absolute Gasteiger partial charge is 0.412 e. The fraction of sp³-hybridized carbons (Fsp3) is 0.179. The third-order valence-corrected chi connectivity index (χ3v) is 6.44. The summed E-state index contributed by atoms with van der Waals surface area (Å²) in [5.41, 5.74) is 1.18. The van der Waals surface area contributed by atoms with E-state index < -0.39 is 24.3 Å². The van der Waals surface area contributed by atoms with Crippen LogP contribution in [0.2, 0.25) is 0 Å². The molecule has 0 aliphatic heterocycles. The number of para-hydroxylation sites is 1. The van der Waals surface area contributed by atoms with Crippen LogP contribution in [0.4, 0.5) is 10.5 Å². The molecule has 0 aliphatic rings. The third-order valence-electron chi connectivity index (χ3n) is 5.38. The molecule has 198 valence electrons. The molecule has 3 rings (SSSR count). The molecule has 0 unspecified atom stereocenters. The van der Waals surface area contributed by atoms with Gasteiger partial charge < -0.3 is 19.7 Å². The molecule has 0 spiro atoms. The molecule has 1 amide bonds. The van der Waals surface area contributed by atoms with Crippen LogP contribution in [-0.2, 0) is 9.53 Å².